The van der Waals surface area contributed by atoms with Crippen LogP contribution in [0.1, 0.15) is 75.5 Å². The summed E-state index contributed by atoms with van der Waals surface area (Å²) in [4.78, 5) is 14.6. The Bertz CT molecular complexity index is 547. The van der Waals surface area contributed by atoms with Gasteiger partial charge in [-0.15, -0.1) is 0 Å². The first-order chi connectivity index (χ1) is 9.79. The molecule has 4 nitrogen and oxygen atoms in total. The van der Waals surface area contributed by atoms with E-state index < -0.39 is 0 Å². The zero-order valence-electron chi connectivity index (χ0n) is 13.9. The number of nitrogens with zero attached hydrogens (tertiary/aromatic N) is 3. The number of carbonyl (C=O) groups is 1. The van der Waals surface area contributed by atoms with Gasteiger partial charge in [-0.1, -0.05) is 0 Å². The van der Waals surface area contributed by atoms with Gasteiger partial charge >= 0.3 is 0 Å². The van der Waals surface area contributed by atoms with E-state index in [0.29, 0.717) is 23.6 Å². The maximum atomic E-state index is 12.7. The lowest BCUT2D eigenvalue weighted by Crippen LogP contribution is -2.37. The van der Waals surface area contributed by atoms with Crippen molar-refractivity contribution in [3.05, 3.63) is 17.5 Å². The van der Waals surface area contributed by atoms with Gasteiger partial charge in [0.05, 0.1) is 5.54 Å². The minimum absolute atomic E-state index is 0.0688. The molecule has 1 amide bonds. The highest BCUT2D eigenvalue weighted by Gasteiger charge is 2.36. The van der Waals surface area contributed by atoms with Crippen molar-refractivity contribution in [2.45, 2.75) is 70.9 Å². The predicted molar refractivity (Wildman–Crippen MR) is 83.5 cm³/mol. The number of aromatic nitrogens is 2. The van der Waals surface area contributed by atoms with E-state index in [0.717, 1.165) is 0 Å². The molecule has 0 aromatic carbocycles. The van der Waals surface area contributed by atoms with E-state index in [1.807, 2.05) is 18.0 Å². The number of amides is 1. The average Bonchev–Trinajstić information content (AvgIpc) is 3.32. The van der Waals surface area contributed by atoms with E-state index in [1.165, 1.54) is 31.4 Å². The van der Waals surface area contributed by atoms with E-state index in [1.54, 1.807) is 0 Å². The van der Waals surface area contributed by atoms with Gasteiger partial charge in [0.2, 0.25) is 0 Å². The molecule has 1 unspecified atom stereocenters. The summed E-state index contributed by atoms with van der Waals surface area (Å²) >= 11 is 0. The Labute approximate surface area is 127 Å². The molecule has 0 spiro atoms. The Balaban J connectivity index is 1.86. The molecule has 0 radical (unpaired) electrons. The number of rotatable bonds is 4. The summed E-state index contributed by atoms with van der Waals surface area (Å²) in [7, 11) is 1.91. The van der Waals surface area contributed by atoms with Crippen LogP contribution in [0.4, 0.5) is 0 Å². The molecule has 2 aliphatic carbocycles. The van der Waals surface area contributed by atoms with Gasteiger partial charge in [-0.05, 0) is 65.4 Å². The summed E-state index contributed by atoms with van der Waals surface area (Å²) in [6.45, 7) is 8.60. The van der Waals surface area contributed by atoms with Gasteiger partial charge in [-0.3, -0.25) is 9.48 Å². The molecule has 2 fully saturated rings. The van der Waals surface area contributed by atoms with Crippen LogP contribution in [0.3, 0.4) is 0 Å². The van der Waals surface area contributed by atoms with E-state index >= 15 is 0 Å². The van der Waals surface area contributed by atoms with Gasteiger partial charge in [0.25, 0.3) is 5.91 Å². The van der Waals surface area contributed by atoms with Crippen LogP contribution in [0.5, 0.6) is 0 Å². The second-order valence-electron chi connectivity index (χ2n) is 7.81. The first kappa shape index (κ1) is 14.6. The molecule has 1 atom stereocenters. The third kappa shape index (κ3) is 2.85. The lowest BCUT2D eigenvalue weighted by atomic mass is 10.1. The Morgan fingerprint density at radius 3 is 2.43 bits per heavy atom. The molecule has 0 aliphatic heterocycles. The van der Waals surface area contributed by atoms with Crippen molar-refractivity contribution in [2.24, 2.45) is 5.92 Å². The Morgan fingerprint density at radius 1 is 1.33 bits per heavy atom. The molecule has 0 saturated heterocycles. The SMILES string of the molecule is CC(C1CC1)N(C)C(=O)c1cc(C2CC2)n(C(C)(C)C)n1. The molecule has 2 aliphatic rings. The zero-order valence-corrected chi connectivity index (χ0v) is 13.9. The third-order valence-electron chi connectivity index (χ3n) is 4.82. The average molecular weight is 289 g/mol. The van der Waals surface area contributed by atoms with Gasteiger partial charge in [0.15, 0.2) is 5.69 Å². The van der Waals surface area contributed by atoms with Crippen molar-refractivity contribution in [2.75, 3.05) is 7.05 Å². The lowest BCUT2D eigenvalue weighted by Gasteiger charge is -2.24. The standard InChI is InChI=1S/C17H27N3O/c1-11(12-6-7-12)19(5)16(21)14-10-15(13-8-9-13)20(18-14)17(2,3)4/h10-13H,6-9H2,1-5H3. The maximum Gasteiger partial charge on any atom is 0.274 e. The van der Waals surface area contributed by atoms with Gasteiger partial charge in [0.1, 0.15) is 0 Å². The van der Waals surface area contributed by atoms with Crippen molar-refractivity contribution in [3.63, 3.8) is 0 Å². The number of hydrogen-bond acceptors (Lipinski definition) is 2. The van der Waals surface area contributed by atoms with Crippen LogP contribution in [0.25, 0.3) is 0 Å². The molecule has 116 valence electrons. The van der Waals surface area contributed by atoms with E-state index in [4.69, 9.17) is 0 Å². The summed E-state index contributed by atoms with van der Waals surface area (Å²) in [6.07, 6.45) is 4.96. The first-order valence-electron chi connectivity index (χ1n) is 8.16. The fourth-order valence-corrected chi connectivity index (χ4v) is 2.97. The molecular weight excluding hydrogens is 262 g/mol. The van der Waals surface area contributed by atoms with Crippen LogP contribution in [0.15, 0.2) is 6.07 Å². The van der Waals surface area contributed by atoms with Gasteiger partial charge in [-0.25, -0.2) is 0 Å². The zero-order chi connectivity index (χ0) is 15.4. The quantitative estimate of drug-likeness (QED) is 0.852. The smallest absolute Gasteiger partial charge is 0.274 e. The number of carbonyl (C=O) groups excluding carboxylic acids is 1. The lowest BCUT2D eigenvalue weighted by molar-refractivity contribution is 0.0719. The highest BCUT2D eigenvalue weighted by Crippen LogP contribution is 2.42. The van der Waals surface area contributed by atoms with Gasteiger partial charge in [0, 0.05) is 24.7 Å². The van der Waals surface area contributed by atoms with Crippen molar-refractivity contribution in [3.8, 4) is 0 Å². The summed E-state index contributed by atoms with van der Waals surface area (Å²) in [5.41, 5.74) is 1.78. The molecule has 0 bridgehead atoms. The maximum absolute atomic E-state index is 12.7. The summed E-state index contributed by atoms with van der Waals surface area (Å²) in [5, 5.41) is 4.65. The fourth-order valence-electron chi connectivity index (χ4n) is 2.97. The first-order valence-corrected chi connectivity index (χ1v) is 8.16. The van der Waals surface area contributed by atoms with Crippen LogP contribution in [0.2, 0.25) is 0 Å². The normalized spacial score (nSPS) is 20.4. The van der Waals surface area contributed by atoms with Crippen molar-refractivity contribution in [1.29, 1.82) is 0 Å². The monoisotopic (exact) mass is 289 g/mol. The van der Waals surface area contributed by atoms with Crippen molar-refractivity contribution in [1.82, 2.24) is 14.7 Å². The molecule has 2 saturated carbocycles. The third-order valence-corrected chi connectivity index (χ3v) is 4.82. The molecule has 1 aromatic rings. The van der Waals surface area contributed by atoms with Crippen LogP contribution >= 0.6 is 0 Å². The Morgan fingerprint density at radius 2 is 1.95 bits per heavy atom. The minimum Gasteiger partial charge on any atom is -0.337 e. The fraction of sp³-hybridized carbons (Fsp3) is 0.765. The summed E-state index contributed by atoms with van der Waals surface area (Å²) in [6, 6.07) is 2.35. The van der Waals surface area contributed by atoms with Crippen molar-refractivity contribution < 1.29 is 4.79 Å². The topological polar surface area (TPSA) is 38.1 Å². The predicted octanol–water partition coefficient (Wildman–Crippen LogP) is 3.39. The second-order valence-corrected chi connectivity index (χ2v) is 7.81. The van der Waals surface area contributed by atoms with Crippen LogP contribution in [-0.2, 0) is 5.54 Å². The van der Waals surface area contributed by atoms with Crippen LogP contribution in [0, 0.1) is 5.92 Å². The molecule has 4 heteroatoms. The van der Waals surface area contributed by atoms with E-state index in [2.05, 4.69) is 37.5 Å². The van der Waals surface area contributed by atoms with Crippen LogP contribution in [-0.4, -0.2) is 33.7 Å². The Kier molecular flexibility index (Phi) is 3.38. The molecule has 1 heterocycles. The molecule has 21 heavy (non-hydrogen) atoms. The highest BCUT2D eigenvalue weighted by atomic mass is 16.2. The molecular formula is C17H27N3O. The van der Waals surface area contributed by atoms with E-state index in [-0.39, 0.29) is 11.4 Å². The molecule has 1 aromatic heterocycles. The highest BCUT2D eigenvalue weighted by molar-refractivity contribution is 5.92. The Hall–Kier alpha value is -1.32. The number of hydrogen-bond donors (Lipinski definition) is 0. The summed E-state index contributed by atoms with van der Waals surface area (Å²) in [5.74, 6) is 1.36. The summed E-state index contributed by atoms with van der Waals surface area (Å²) < 4.78 is 2.06. The van der Waals surface area contributed by atoms with Crippen LogP contribution < -0.4 is 0 Å². The second kappa shape index (κ2) is 4.85. The molecule has 3 rings (SSSR count). The molecule has 0 N–H and O–H groups in total. The minimum atomic E-state index is -0.0723. The largest absolute Gasteiger partial charge is 0.337 e. The van der Waals surface area contributed by atoms with Gasteiger partial charge in [-0.2, -0.15) is 5.10 Å². The van der Waals surface area contributed by atoms with E-state index in [9.17, 15) is 4.79 Å². The van der Waals surface area contributed by atoms with Gasteiger partial charge < -0.3 is 4.90 Å². The van der Waals surface area contributed by atoms with Crippen molar-refractivity contribution >= 4 is 5.91 Å².